The van der Waals surface area contributed by atoms with Crippen molar-refractivity contribution in [3.63, 3.8) is 0 Å². The van der Waals surface area contributed by atoms with Gasteiger partial charge in [-0.15, -0.1) is 54.1 Å². The second kappa shape index (κ2) is 14.7. The van der Waals surface area contributed by atoms with Gasteiger partial charge in [0.25, 0.3) is 0 Å². The topological polar surface area (TPSA) is 38.9 Å². The molecular formula is C44H34IrN2O-2. The molecule has 0 N–H and O–H groups in total. The third-order valence-electron chi connectivity index (χ3n) is 8.63. The Kier molecular flexibility index (Phi) is 10.1. The maximum atomic E-state index is 6.12. The van der Waals surface area contributed by atoms with Crippen LogP contribution in [0.3, 0.4) is 0 Å². The summed E-state index contributed by atoms with van der Waals surface area (Å²) in [5.41, 5.74) is 10.6. The number of fused-ring (bicyclic) bond motifs is 3. The summed E-state index contributed by atoms with van der Waals surface area (Å²) in [5.74, 6) is 0. The fraction of sp³-hybridized carbons (Fsp3) is 0.0909. The Balaban J connectivity index is 0.000000168. The Morgan fingerprint density at radius 1 is 0.583 bits per heavy atom. The van der Waals surface area contributed by atoms with Crippen molar-refractivity contribution >= 4 is 21.9 Å². The molecular weight excluding hydrogens is 765 g/mol. The summed E-state index contributed by atoms with van der Waals surface area (Å²) in [6, 6.07) is 56.1. The normalized spacial score (nSPS) is 11.0. The summed E-state index contributed by atoms with van der Waals surface area (Å²) in [5, 5.41) is 2.22. The standard InChI is InChI=1S/C24H16NO.C20H18N.Ir/c1-2-7-17(8-3-1)15-18-13-14-25-22(16-18)21-11-6-10-20-19-9-4-5-12-23(19)26-24(20)21;1-20(2,17-11-7-4-8-12-17)18-13-14-21-19(15-18)16-9-5-3-6-10-16;/h1-10,12-14,16H,15H2;3-9,11-15H,1-2H3;/q2*-1;. The number of nitrogens with zero attached hydrogens (tertiary/aromatic N) is 2. The second-order valence-electron chi connectivity index (χ2n) is 12.1. The molecule has 0 aliphatic heterocycles. The number of para-hydroxylation sites is 1. The molecule has 8 rings (SSSR count). The third kappa shape index (κ3) is 7.06. The van der Waals surface area contributed by atoms with Gasteiger partial charge < -0.3 is 14.4 Å². The number of furan rings is 1. The number of benzene rings is 5. The number of rotatable bonds is 6. The van der Waals surface area contributed by atoms with Crippen molar-refractivity contribution in [1.82, 2.24) is 9.97 Å². The van der Waals surface area contributed by atoms with E-state index in [0.717, 1.165) is 50.9 Å². The fourth-order valence-corrected chi connectivity index (χ4v) is 5.97. The van der Waals surface area contributed by atoms with E-state index in [2.05, 4.69) is 127 Å². The minimum Gasteiger partial charge on any atom is -0.501 e. The van der Waals surface area contributed by atoms with Crippen molar-refractivity contribution in [2.75, 3.05) is 0 Å². The van der Waals surface area contributed by atoms with Gasteiger partial charge in [0.15, 0.2) is 0 Å². The van der Waals surface area contributed by atoms with E-state index in [4.69, 9.17) is 4.42 Å². The van der Waals surface area contributed by atoms with E-state index in [1.807, 2.05) is 67.0 Å². The predicted molar refractivity (Wildman–Crippen MR) is 192 cm³/mol. The van der Waals surface area contributed by atoms with E-state index in [9.17, 15) is 0 Å². The molecule has 237 valence electrons. The van der Waals surface area contributed by atoms with E-state index in [1.54, 1.807) is 0 Å². The average Bonchev–Trinajstić information content (AvgIpc) is 3.52. The van der Waals surface area contributed by atoms with Crippen LogP contribution in [0.1, 0.15) is 36.1 Å². The molecule has 0 saturated heterocycles. The van der Waals surface area contributed by atoms with Crippen LogP contribution < -0.4 is 0 Å². The van der Waals surface area contributed by atoms with Gasteiger partial charge >= 0.3 is 0 Å². The Morgan fingerprint density at radius 2 is 1.29 bits per heavy atom. The van der Waals surface area contributed by atoms with Crippen LogP contribution in [-0.2, 0) is 31.9 Å². The van der Waals surface area contributed by atoms with E-state index in [1.165, 1.54) is 22.3 Å². The van der Waals surface area contributed by atoms with Crippen LogP contribution >= 0.6 is 0 Å². The zero-order valence-corrected chi connectivity index (χ0v) is 29.2. The van der Waals surface area contributed by atoms with E-state index >= 15 is 0 Å². The predicted octanol–water partition coefficient (Wildman–Crippen LogP) is 10.9. The number of pyridine rings is 2. The third-order valence-corrected chi connectivity index (χ3v) is 8.63. The molecule has 0 unspecified atom stereocenters. The summed E-state index contributed by atoms with van der Waals surface area (Å²) in [6.07, 6.45) is 4.63. The van der Waals surface area contributed by atoms with Crippen molar-refractivity contribution in [3.8, 4) is 22.5 Å². The minimum absolute atomic E-state index is 0. The van der Waals surface area contributed by atoms with Gasteiger partial charge in [-0.25, -0.2) is 0 Å². The first-order valence-electron chi connectivity index (χ1n) is 15.9. The Morgan fingerprint density at radius 3 is 2.08 bits per heavy atom. The summed E-state index contributed by atoms with van der Waals surface area (Å²) in [7, 11) is 0. The van der Waals surface area contributed by atoms with Crippen molar-refractivity contribution in [1.29, 1.82) is 0 Å². The zero-order valence-electron chi connectivity index (χ0n) is 26.9. The molecule has 0 bridgehead atoms. The molecule has 0 fully saturated rings. The Bertz CT molecular complexity index is 2240. The van der Waals surface area contributed by atoms with Crippen LogP contribution in [0.4, 0.5) is 0 Å². The monoisotopic (exact) mass is 799 g/mol. The van der Waals surface area contributed by atoms with Gasteiger partial charge in [-0.2, -0.15) is 0 Å². The molecule has 3 aromatic heterocycles. The molecule has 8 aromatic rings. The molecule has 4 heteroatoms. The van der Waals surface area contributed by atoms with Crippen LogP contribution in [0.25, 0.3) is 44.5 Å². The molecule has 3 nitrogen and oxygen atoms in total. The maximum Gasteiger partial charge on any atom is 0.120 e. The van der Waals surface area contributed by atoms with Crippen LogP contribution in [0, 0.1) is 12.1 Å². The number of hydrogen-bond acceptors (Lipinski definition) is 3. The molecule has 0 aliphatic rings. The Labute approximate surface area is 295 Å². The smallest absolute Gasteiger partial charge is 0.120 e. The van der Waals surface area contributed by atoms with Crippen LogP contribution in [-0.4, -0.2) is 9.97 Å². The van der Waals surface area contributed by atoms with Gasteiger partial charge in [-0.05, 0) is 58.3 Å². The van der Waals surface area contributed by atoms with Crippen molar-refractivity contribution < 1.29 is 24.5 Å². The maximum absolute atomic E-state index is 6.12. The van der Waals surface area contributed by atoms with Crippen molar-refractivity contribution in [2.24, 2.45) is 0 Å². The van der Waals surface area contributed by atoms with E-state index in [0.29, 0.717) is 0 Å². The number of hydrogen-bond donors (Lipinski definition) is 0. The second-order valence-corrected chi connectivity index (χ2v) is 12.1. The van der Waals surface area contributed by atoms with E-state index < -0.39 is 0 Å². The van der Waals surface area contributed by atoms with Crippen LogP contribution in [0.2, 0.25) is 0 Å². The largest absolute Gasteiger partial charge is 0.501 e. The molecule has 0 spiro atoms. The summed E-state index contributed by atoms with van der Waals surface area (Å²) in [6.45, 7) is 4.49. The van der Waals surface area contributed by atoms with Crippen LogP contribution in [0.5, 0.6) is 0 Å². The molecule has 0 amide bonds. The van der Waals surface area contributed by atoms with Crippen molar-refractivity contribution in [3.05, 3.63) is 192 Å². The molecule has 3 heterocycles. The molecule has 5 aromatic carbocycles. The van der Waals surface area contributed by atoms with Gasteiger partial charge in [0.1, 0.15) is 5.58 Å². The molecule has 0 saturated carbocycles. The van der Waals surface area contributed by atoms with Gasteiger partial charge in [0.2, 0.25) is 0 Å². The van der Waals surface area contributed by atoms with Gasteiger partial charge in [-0.1, -0.05) is 116 Å². The Hall–Kier alpha value is -5.15. The SMILES string of the molecule is CC(C)(c1ccccc1)c1ccnc(-c2[c-]cccc2)c1.[Ir].[c-]1ccc2c(oc3ccccc32)c1-c1cc(Cc2ccccc2)ccn1. The number of aromatic nitrogens is 2. The quantitative estimate of drug-likeness (QED) is 0.157. The molecule has 48 heavy (non-hydrogen) atoms. The fourth-order valence-electron chi connectivity index (χ4n) is 5.97. The zero-order chi connectivity index (χ0) is 32.1. The van der Waals surface area contributed by atoms with Gasteiger partial charge in [0, 0.05) is 43.3 Å². The first-order chi connectivity index (χ1) is 23.1. The van der Waals surface area contributed by atoms with Crippen LogP contribution in [0.15, 0.2) is 162 Å². The summed E-state index contributed by atoms with van der Waals surface area (Å²) < 4.78 is 6.12. The first-order valence-corrected chi connectivity index (χ1v) is 15.9. The van der Waals surface area contributed by atoms with Crippen molar-refractivity contribution in [2.45, 2.75) is 25.7 Å². The van der Waals surface area contributed by atoms with Gasteiger partial charge in [0.05, 0.1) is 5.58 Å². The average molecular weight is 799 g/mol. The molecule has 1 radical (unpaired) electrons. The molecule has 0 aliphatic carbocycles. The summed E-state index contributed by atoms with van der Waals surface area (Å²) in [4.78, 5) is 9.07. The summed E-state index contributed by atoms with van der Waals surface area (Å²) >= 11 is 0. The van der Waals surface area contributed by atoms with E-state index in [-0.39, 0.29) is 25.5 Å². The molecule has 0 atom stereocenters. The van der Waals surface area contributed by atoms with Gasteiger partial charge in [-0.3, -0.25) is 0 Å². The first kappa shape index (κ1) is 32.8. The minimum atomic E-state index is -0.0479.